The molecule has 1 saturated carbocycles. The predicted molar refractivity (Wildman–Crippen MR) is 80.1 cm³/mol. The fraction of sp³-hybridized carbons (Fsp3) is 0.471. The maximum Gasteiger partial charge on any atom is 0.335 e. The maximum atomic E-state index is 11.1. The van der Waals surface area contributed by atoms with Crippen molar-refractivity contribution in [3.8, 4) is 0 Å². The number of anilines is 1. The van der Waals surface area contributed by atoms with E-state index in [0.29, 0.717) is 23.4 Å². The molecule has 4 atom stereocenters. The van der Waals surface area contributed by atoms with Gasteiger partial charge in [0.25, 0.3) is 0 Å². The zero-order valence-corrected chi connectivity index (χ0v) is 12.0. The monoisotopic (exact) mass is 271 g/mol. The summed E-state index contributed by atoms with van der Waals surface area (Å²) in [5.74, 6) is 1.26. The first-order valence-corrected chi connectivity index (χ1v) is 7.33. The molecule has 0 radical (unpaired) electrons. The summed E-state index contributed by atoms with van der Waals surface area (Å²) in [6, 6.07) is 5.65. The summed E-state index contributed by atoms with van der Waals surface area (Å²) >= 11 is 0. The molecule has 2 bridgehead atoms. The van der Waals surface area contributed by atoms with Gasteiger partial charge in [-0.25, -0.2) is 4.79 Å². The van der Waals surface area contributed by atoms with Crippen LogP contribution in [0.4, 0.5) is 5.69 Å². The largest absolute Gasteiger partial charge is 0.478 e. The Morgan fingerprint density at radius 1 is 1.35 bits per heavy atom. The van der Waals surface area contributed by atoms with Crippen molar-refractivity contribution in [3.05, 3.63) is 41.5 Å². The van der Waals surface area contributed by atoms with Gasteiger partial charge in [-0.2, -0.15) is 0 Å². The Morgan fingerprint density at radius 3 is 2.75 bits per heavy atom. The van der Waals surface area contributed by atoms with Crippen LogP contribution in [0.15, 0.2) is 30.4 Å². The van der Waals surface area contributed by atoms with Gasteiger partial charge in [0, 0.05) is 11.7 Å². The van der Waals surface area contributed by atoms with E-state index in [1.54, 1.807) is 12.1 Å². The number of rotatable bonds is 4. The summed E-state index contributed by atoms with van der Waals surface area (Å²) in [5.41, 5.74) is 2.39. The van der Waals surface area contributed by atoms with Gasteiger partial charge in [-0.3, -0.25) is 0 Å². The maximum absolute atomic E-state index is 11.1. The lowest BCUT2D eigenvalue weighted by atomic mass is 9.87. The molecule has 20 heavy (non-hydrogen) atoms. The number of hydrogen-bond donors (Lipinski definition) is 2. The molecule has 0 amide bonds. The summed E-state index contributed by atoms with van der Waals surface area (Å²) < 4.78 is 0. The van der Waals surface area contributed by atoms with Crippen molar-refractivity contribution in [2.75, 3.05) is 5.32 Å². The topological polar surface area (TPSA) is 49.3 Å². The predicted octanol–water partition coefficient (Wildman–Crippen LogP) is 3.71. The van der Waals surface area contributed by atoms with Crippen LogP contribution in [0.3, 0.4) is 0 Å². The minimum Gasteiger partial charge on any atom is -0.478 e. The van der Waals surface area contributed by atoms with Crippen molar-refractivity contribution in [2.24, 2.45) is 17.8 Å². The van der Waals surface area contributed by atoms with Crippen LogP contribution in [0.2, 0.25) is 0 Å². The zero-order chi connectivity index (χ0) is 14.3. The van der Waals surface area contributed by atoms with Crippen molar-refractivity contribution in [1.82, 2.24) is 0 Å². The summed E-state index contributed by atoms with van der Waals surface area (Å²) in [5, 5.41) is 12.6. The highest BCUT2D eigenvalue weighted by molar-refractivity contribution is 5.89. The lowest BCUT2D eigenvalue weighted by molar-refractivity contribution is 0.0697. The molecule has 1 aromatic rings. The van der Waals surface area contributed by atoms with Gasteiger partial charge in [-0.1, -0.05) is 18.2 Å². The van der Waals surface area contributed by atoms with E-state index in [2.05, 4.69) is 24.4 Å². The van der Waals surface area contributed by atoms with E-state index in [1.165, 1.54) is 12.8 Å². The van der Waals surface area contributed by atoms with Crippen molar-refractivity contribution < 1.29 is 9.90 Å². The summed E-state index contributed by atoms with van der Waals surface area (Å²) in [6.07, 6.45) is 7.26. The molecule has 3 heteroatoms. The van der Waals surface area contributed by atoms with Crippen molar-refractivity contribution >= 4 is 11.7 Å². The highest BCUT2D eigenvalue weighted by atomic mass is 16.4. The number of benzene rings is 1. The number of nitrogens with one attached hydrogen (secondary N) is 1. The highest BCUT2D eigenvalue weighted by Crippen LogP contribution is 2.45. The van der Waals surface area contributed by atoms with E-state index in [4.69, 9.17) is 5.11 Å². The average Bonchev–Trinajstić information content (AvgIpc) is 3.03. The third kappa shape index (κ3) is 2.33. The number of hydrogen-bond acceptors (Lipinski definition) is 2. The fourth-order valence-electron chi connectivity index (χ4n) is 3.66. The van der Waals surface area contributed by atoms with Gasteiger partial charge in [-0.15, -0.1) is 0 Å². The molecule has 0 heterocycles. The van der Waals surface area contributed by atoms with E-state index in [0.717, 1.165) is 17.2 Å². The van der Waals surface area contributed by atoms with Crippen molar-refractivity contribution in [1.29, 1.82) is 0 Å². The van der Waals surface area contributed by atoms with Gasteiger partial charge in [0.2, 0.25) is 0 Å². The SMILES string of the molecule is Cc1ccc(C(=O)O)cc1NC(C)C1CC2C=CC1C2. The number of carboxylic acids is 1. The average molecular weight is 271 g/mol. The molecule has 1 aromatic carbocycles. The lowest BCUT2D eigenvalue weighted by Gasteiger charge is -2.27. The fourth-order valence-corrected chi connectivity index (χ4v) is 3.66. The van der Waals surface area contributed by atoms with Crippen LogP contribution >= 0.6 is 0 Å². The minimum absolute atomic E-state index is 0.345. The van der Waals surface area contributed by atoms with E-state index in [-0.39, 0.29) is 0 Å². The van der Waals surface area contributed by atoms with Crippen LogP contribution in [0.5, 0.6) is 0 Å². The molecular weight excluding hydrogens is 250 g/mol. The Kier molecular flexibility index (Phi) is 3.28. The molecule has 3 rings (SSSR count). The van der Waals surface area contributed by atoms with Crippen LogP contribution in [0.25, 0.3) is 0 Å². The molecule has 0 saturated heterocycles. The second-order valence-corrected chi connectivity index (χ2v) is 6.21. The van der Waals surface area contributed by atoms with Gasteiger partial charge in [-0.05, 0) is 62.1 Å². The molecule has 2 N–H and O–H groups in total. The number of carbonyl (C=O) groups is 1. The molecule has 1 fully saturated rings. The number of fused-ring (bicyclic) bond motifs is 2. The van der Waals surface area contributed by atoms with Crippen molar-refractivity contribution in [2.45, 2.75) is 32.7 Å². The molecule has 106 valence electrons. The summed E-state index contributed by atoms with van der Waals surface area (Å²) in [4.78, 5) is 11.1. The first-order valence-electron chi connectivity index (χ1n) is 7.33. The number of aryl methyl sites for hydroxylation is 1. The molecule has 3 nitrogen and oxygen atoms in total. The highest BCUT2D eigenvalue weighted by Gasteiger charge is 2.38. The summed E-state index contributed by atoms with van der Waals surface area (Å²) in [6.45, 7) is 4.23. The standard InChI is InChI=1S/C17H21NO2/c1-10-3-5-14(17(19)20)9-16(10)18-11(2)15-8-12-4-6-13(15)7-12/h3-6,9,11-13,15,18H,7-8H2,1-2H3,(H,19,20). The molecular formula is C17H21NO2. The van der Waals surface area contributed by atoms with E-state index in [9.17, 15) is 4.79 Å². The summed E-state index contributed by atoms with van der Waals surface area (Å²) in [7, 11) is 0. The Bertz CT molecular complexity index is 564. The minimum atomic E-state index is -0.872. The normalized spacial score (nSPS) is 28.6. The Morgan fingerprint density at radius 2 is 2.15 bits per heavy atom. The second-order valence-electron chi connectivity index (χ2n) is 6.21. The lowest BCUT2D eigenvalue weighted by Crippen LogP contribution is -2.29. The third-order valence-electron chi connectivity index (χ3n) is 4.84. The van der Waals surface area contributed by atoms with Gasteiger partial charge in [0.05, 0.1) is 5.56 Å². The first kappa shape index (κ1) is 13.2. The van der Waals surface area contributed by atoms with Gasteiger partial charge in [0.1, 0.15) is 0 Å². The number of aromatic carboxylic acids is 1. The molecule has 4 unspecified atom stereocenters. The molecule has 0 aromatic heterocycles. The van der Waals surface area contributed by atoms with E-state index in [1.807, 2.05) is 13.0 Å². The van der Waals surface area contributed by atoms with Crippen LogP contribution in [0, 0.1) is 24.7 Å². The molecule has 0 aliphatic heterocycles. The quantitative estimate of drug-likeness (QED) is 0.821. The molecule has 2 aliphatic carbocycles. The van der Waals surface area contributed by atoms with E-state index < -0.39 is 5.97 Å². The number of carboxylic acid groups (broad SMARTS) is 1. The molecule has 2 aliphatic rings. The molecule has 0 spiro atoms. The van der Waals surface area contributed by atoms with Crippen LogP contribution in [0.1, 0.15) is 35.7 Å². The Labute approximate surface area is 119 Å². The third-order valence-corrected chi connectivity index (χ3v) is 4.84. The Hall–Kier alpha value is -1.77. The van der Waals surface area contributed by atoms with Crippen LogP contribution in [-0.2, 0) is 0 Å². The Balaban J connectivity index is 1.75. The van der Waals surface area contributed by atoms with Gasteiger partial charge < -0.3 is 10.4 Å². The van der Waals surface area contributed by atoms with Gasteiger partial charge >= 0.3 is 5.97 Å². The van der Waals surface area contributed by atoms with Crippen LogP contribution in [-0.4, -0.2) is 17.1 Å². The van der Waals surface area contributed by atoms with Gasteiger partial charge in [0.15, 0.2) is 0 Å². The zero-order valence-electron chi connectivity index (χ0n) is 12.0. The van der Waals surface area contributed by atoms with Crippen LogP contribution < -0.4 is 5.32 Å². The number of allylic oxidation sites excluding steroid dienone is 2. The first-order chi connectivity index (χ1) is 9.54. The van der Waals surface area contributed by atoms with Crippen molar-refractivity contribution in [3.63, 3.8) is 0 Å². The second kappa shape index (κ2) is 4.97. The smallest absolute Gasteiger partial charge is 0.335 e. The van der Waals surface area contributed by atoms with E-state index >= 15 is 0 Å².